The van der Waals surface area contributed by atoms with Crippen LogP contribution in [0.3, 0.4) is 0 Å². The SMILES string of the molecule is O=C(C=C1CCc2ccccc21)c1ccccc1O. The lowest BCUT2D eigenvalue weighted by molar-refractivity contribution is 0.104. The van der Waals surface area contributed by atoms with Gasteiger partial charge in [0, 0.05) is 0 Å². The molecule has 0 heterocycles. The van der Waals surface area contributed by atoms with Crippen molar-refractivity contribution in [1.29, 1.82) is 0 Å². The van der Waals surface area contributed by atoms with Crippen molar-refractivity contribution in [2.45, 2.75) is 12.8 Å². The fraction of sp³-hybridized carbons (Fsp3) is 0.118. The molecule has 0 fully saturated rings. The molecular formula is C17H14O2. The van der Waals surface area contributed by atoms with Crippen LogP contribution < -0.4 is 0 Å². The molecule has 0 bridgehead atoms. The fourth-order valence-corrected chi connectivity index (χ4v) is 2.52. The van der Waals surface area contributed by atoms with Gasteiger partial charge < -0.3 is 5.11 Å². The summed E-state index contributed by atoms with van der Waals surface area (Å²) in [6.45, 7) is 0. The summed E-state index contributed by atoms with van der Waals surface area (Å²) in [5.41, 5.74) is 3.87. The van der Waals surface area contributed by atoms with Gasteiger partial charge in [-0.3, -0.25) is 4.79 Å². The minimum absolute atomic E-state index is 0.0376. The standard InChI is InChI=1S/C17H14O2/c18-16-8-4-3-7-15(16)17(19)11-13-10-9-12-5-1-2-6-14(12)13/h1-8,11,18H,9-10H2. The number of allylic oxidation sites excluding steroid dienone is 2. The van der Waals surface area contributed by atoms with E-state index in [0.717, 1.165) is 24.0 Å². The molecule has 0 radical (unpaired) electrons. The maximum absolute atomic E-state index is 12.2. The van der Waals surface area contributed by atoms with Crippen molar-refractivity contribution in [3.8, 4) is 5.75 Å². The fourth-order valence-electron chi connectivity index (χ4n) is 2.52. The Kier molecular flexibility index (Phi) is 2.92. The molecule has 0 spiro atoms. The molecule has 0 saturated carbocycles. The topological polar surface area (TPSA) is 37.3 Å². The summed E-state index contributed by atoms with van der Waals surface area (Å²) >= 11 is 0. The molecule has 0 unspecified atom stereocenters. The lowest BCUT2D eigenvalue weighted by Gasteiger charge is -2.02. The van der Waals surface area contributed by atoms with Crippen molar-refractivity contribution in [2.75, 3.05) is 0 Å². The van der Waals surface area contributed by atoms with Gasteiger partial charge in [0.25, 0.3) is 0 Å². The van der Waals surface area contributed by atoms with Crippen LogP contribution in [0.2, 0.25) is 0 Å². The molecule has 19 heavy (non-hydrogen) atoms. The summed E-state index contributed by atoms with van der Waals surface area (Å²) < 4.78 is 0. The van der Waals surface area contributed by atoms with E-state index in [2.05, 4.69) is 6.07 Å². The highest BCUT2D eigenvalue weighted by Gasteiger charge is 2.17. The molecule has 2 heteroatoms. The van der Waals surface area contributed by atoms with Gasteiger partial charge in [-0.1, -0.05) is 36.4 Å². The van der Waals surface area contributed by atoms with E-state index in [4.69, 9.17) is 0 Å². The summed E-state index contributed by atoms with van der Waals surface area (Å²) in [6, 6.07) is 14.8. The average Bonchev–Trinajstić information content (AvgIpc) is 2.83. The number of fused-ring (bicyclic) bond motifs is 1. The number of phenolic OH excluding ortho intramolecular Hbond substituents is 1. The largest absolute Gasteiger partial charge is 0.507 e. The predicted octanol–water partition coefficient (Wildman–Crippen LogP) is 3.60. The van der Waals surface area contributed by atoms with Gasteiger partial charge in [0.2, 0.25) is 0 Å². The molecule has 3 rings (SSSR count). The number of hydrogen-bond acceptors (Lipinski definition) is 2. The highest BCUT2D eigenvalue weighted by Crippen LogP contribution is 2.32. The maximum atomic E-state index is 12.2. The van der Waals surface area contributed by atoms with E-state index in [1.165, 1.54) is 11.6 Å². The monoisotopic (exact) mass is 250 g/mol. The lowest BCUT2D eigenvalue weighted by atomic mass is 10.0. The van der Waals surface area contributed by atoms with Gasteiger partial charge in [-0.05, 0) is 47.8 Å². The van der Waals surface area contributed by atoms with Crippen molar-refractivity contribution in [1.82, 2.24) is 0 Å². The summed E-state index contributed by atoms with van der Waals surface area (Å²) in [6.07, 6.45) is 3.52. The first-order valence-electron chi connectivity index (χ1n) is 6.37. The minimum Gasteiger partial charge on any atom is -0.507 e. The van der Waals surface area contributed by atoms with Crippen molar-refractivity contribution < 1.29 is 9.90 Å². The minimum atomic E-state index is -0.134. The smallest absolute Gasteiger partial charge is 0.189 e. The highest BCUT2D eigenvalue weighted by molar-refractivity contribution is 6.10. The van der Waals surface area contributed by atoms with Crippen LogP contribution in [-0.4, -0.2) is 10.9 Å². The number of phenols is 1. The summed E-state index contributed by atoms with van der Waals surface area (Å²) in [5.74, 6) is -0.0968. The van der Waals surface area contributed by atoms with Gasteiger partial charge in [-0.25, -0.2) is 0 Å². The van der Waals surface area contributed by atoms with E-state index in [0.29, 0.717) is 5.56 Å². The number of ketones is 1. The molecule has 0 amide bonds. The zero-order chi connectivity index (χ0) is 13.2. The van der Waals surface area contributed by atoms with Crippen LogP contribution in [0.4, 0.5) is 0 Å². The molecule has 0 aromatic heterocycles. The Balaban J connectivity index is 1.96. The van der Waals surface area contributed by atoms with Crippen molar-refractivity contribution in [3.63, 3.8) is 0 Å². The summed E-state index contributed by atoms with van der Waals surface area (Å²) in [7, 11) is 0. The maximum Gasteiger partial charge on any atom is 0.189 e. The van der Waals surface area contributed by atoms with Crippen LogP contribution in [0.1, 0.15) is 27.9 Å². The second-order valence-electron chi connectivity index (χ2n) is 4.71. The summed E-state index contributed by atoms with van der Waals surface area (Å²) in [4.78, 5) is 12.2. The number of para-hydroxylation sites is 1. The number of aromatic hydroxyl groups is 1. The molecule has 0 atom stereocenters. The first kappa shape index (κ1) is 11.7. The van der Waals surface area contributed by atoms with E-state index < -0.39 is 0 Å². The Bertz CT molecular complexity index is 668. The van der Waals surface area contributed by atoms with E-state index in [-0.39, 0.29) is 11.5 Å². The molecule has 94 valence electrons. The highest BCUT2D eigenvalue weighted by atomic mass is 16.3. The number of benzene rings is 2. The third-order valence-electron chi connectivity index (χ3n) is 3.50. The molecular weight excluding hydrogens is 236 g/mol. The number of rotatable bonds is 2. The molecule has 1 aliphatic rings. The van der Waals surface area contributed by atoms with Gasteiger partial charge in [-0.2, -0.15) is 0 Å². The Morgan fingerprint density at radius 1 is 1.00 bits per heavy atom. The van der Waals surface area contributed by atoms with E-state index in [1.807, 2.05) is 18.2 Å². The number of carbonyl (C=O) groups excluding carboxylic acids is 1. The molecule has 0 saturated heterocycles. The first-order valence-corrected chi connectivity index (χ1v) is 6.37. The molecule has 1 aliphatic carbocycles. The van der Waals surface area contributed by atoms with E-state index >= 15 is 0 Å². The van der Waals surface area contributed by atoms with Crippen molar-refractivity contribution in [3.05, 3.63) is 71.3 Å². The van der Waals surface area contributed by atoms with Crippen LogP contribution in [0.15, 0.2) is 54.6 Å². The molecule has 1 N–H and O–H groups in total. The second-order valence-corrected chi connectivity index (χ2v) is 4.71. The average molecular weight is 250 g/mol. The second kappa shape index (κ2) is 4.73. The third kappa shape index (κ3) is 2.17. The van der Waals surface area contributed by atoms with Gasteiger partial charge in [0.1, 0.15) is 5.75 Å². The molecule has 0 aliphatic heterocycles. The Hall–Kier alpha value is -2.35. The Morgan fingerprint density at radius 2 is 1.74 bits per heavy atom. The zero-order valence-corrected chi connectivity index (χ0v) is 10.5. The molecule has 2 aromatic carbocycles. The normalized spacial score (nSPS) is 15.5. The Morgan fingerprint density at radius 3 is 2.58 bits per heavy atom. The van der Waals surface area contributed by atoms with Gasteiger partial charge >= 0.3 is 0 Å². The quantitative estimate of drug-likeness (QED) is 0.653. The number of carbonyl (C=O) groups is 1. The Labute approximate surface area is 112 Å². The van der Waals surface area contributed by atoms with Crippen LogP contribution >= 0.6 is 0 Å². The van der Waals surface area contributed by atoms with Gasteiger partial charge in [-0.15, -0.1) is 0 Å². The predicted molar refractivity (Wildman–Crippen MR) is 75.2 cm³/mol. The van der Waals surface area contributed by atoms with Crippen molar-refractivity contribution >= 4 is 11.4 Å². The van der Waals surface area contributed by atoms with Gasteiger partial charge in [0.05, 0.1) is 5.56 Å². The van der Waals surface area contributed by atoms with Gasteiger partial charge in [0.15, 0.2) is 5.78 Å². The zero-order valence-electron chi connectivity index (χ0n) is 10.5. The number of aryl methyl sites for hydroxylation is 1. The lowest BCUT2D eigenvalue weighted by Crippen LogP contribution is -1.96. The van der Waals surface area contributed by atoms with Crippen LogP contribution in [0.5, 0.6) is 5.75 Å². The first-order chi connectivity index (χ1) is 9.25. The third-order valence-corrected chi connectivity index (χ3v) is 3.50. The number of hydrogen-bond donors (Lipinski definition) is 1. The van der Waals surface area contributed by atoms with Crippen LogP contribution in [-0.2, 0) is 6.42 Å². The van der Waals surface area contributed by atoms with Crippen LogP contribution in [0, 0.1) is 0 Å². The van der Waals surface area contributed by atoms with E-state index in [9.17, 15) is 9.90 Å². The van der Waals surface area contributed by atoms with E-state index in [1.54, 1.807) is 24.3 Å². The molecule has 2 nitrogen and oxygen atoms in total. The molecule has 2 aromatic rings. The van der Waals surface area contributed by atoms with Crippen molar-refractivity contribution in [2.24, 2.45) is 0 Å². The van der Waals surface area contributed by atoms with Crippen LogP contribution in [0.25, 0.3) is 5.57 Å². The summed E-state index contributed by atoms with van der Waals surface area (Å²) in [5, 5.41) is 9.70.